The van der Waals surface area contributed by atoms with Gasteiger partial charge in [-0.15, -0.1) is 11.3 Å². The number of nitrogens with one attached hydrogen (secondary N) is 1. The fraction of sp³-hybridized carbons (Fsp3) is 0.357. The normalized spacial score (nSPS) is 12.7. The molecule has 0 aliphatic rings. The lowest BCUT2D eigenvalue weighted by atomic mass is 10.1. The van der Waals surface area contributed by atoms with Crippen molar-refractivity contribution in [3.05, 3.63) is 35.2 Å². The van der Waals surface area contributed by atoms with Crippen LogP contribution in [0.1, 0.15) is 18.9 Å². The number of fused-ring (bicyclic) bond motifs is 1. The first-order valence-electron chi connectivity index (χ1n) is 6.11. The highest BCUT2D eigenvalue weighted by Gasteiger charge is 2.14. The van der Waals surface area contributed by atoms with Crippen molar-refractivity contribution in [2.75, 3.05) is 6.54 Å². The molecular weight excluding hydrogens is 246 g/mol. The van der Waals surface area contributed by atoms with Crippen LogP contribution in [0.3, 0.4) is 0 Å². The second kappa shape index (κ2) is 5.98. The number of rotatable bonds is 6. The Morgan fingerprint density at radius 2 is 2.22 bits per heavy atom. The van der Waals surface area contributed by atoms with Gasteiger partial charge in [0.05, 0.1) is 5.92 Å². The molecule has 0 aliphatic heterocycles. The second-order valence-corrected chi connectivity index (χ2v) is 5.24. The predicted octanol–water partition coefficient (Wildman–Crippen LogP) is 3.10. The first-order chi connectivity index (χ1) is 8.72. The lowest BCUT2D eigenvalue weighted by Gasteiger charge is -2.10. The summed E-state index contributed by atoms with van der Waals surface area (Å²) in [4.78, 5) is 10.9. The van der Waals surface area contributed by atoms with Crippen molar-refractivity contribution in [1.29, 1.82) is 0 Å². The Morgan fingerprint density at radius 3 is 2.94 bits per heavy atom. The summed E-state index contributed by atoms with van der Waals surface area (Å²) in [5.74, 6) is -1.02. The lowest BCUT2D eigenvalue weighted by molar-refractivity contribution is -0.141. The molecule has 1 aromatic carbocycles. The zero-order valence-electron chi connectivity index (χ0n) is 10.3. The van der Waals surface area contributed by atoms with E-state index in [1.807, 2.05) is 19.1 Å². The average Bonchev–Trinajstić information content (AvgIpc) is 2.78. The van der Waals surface area contributed by atoms with E-state index in [-0.39, 0.29) is 5.92 Å². The molecule has 0 amide bonds. The number of carboxylic acid groups (broad SMARTS) is 1. The molecule has 0 aliphatic carbocycles. The number of hydrogen-bond acceptors (Lipinski definition) is 3. The van der Waals surface area contributed by atoms with Gasteiger partial charge in [-0.05, 0) is 28.8 Å². The Kier molecular flexibility index (Phi) is 4.33. The molecule has 1 unspecified atom stereocenters. The standard InChI is InChI=1S/C14H17NO2S/c1-2-10(14(16)17)7-15-8-11-9-18-13-6-4-3-5-12(11)13/h3-6,9-10,15H,2,7-8H2,1H3,(H,16,17). The van der Waals surface area contributed by atoms with Crippen molar-refractivity contribution in [2.45, 2.75) is 19.9 Å². The van der Waals surface area contributed by atoms with Crippen molar-refractivity contribution < 1.29 is 9.90 Å². The maximum absolute atomic E-state index is 10.9. The quantitative estimate of drug-likeness (QED) is 0.842. The molecule has 0 fully saturated rings. The molecule has 2 rings (SSSR count). The van der Waals surface area contributed by atoms with Crippen LogP contribution in [0.25, 0.3) is 10.1 Å². The largest absolute Gasteiger partial charge is 0.481 e. The maximum atomic E-state index is 10.9. The zero-order valence-corrected chi connectivity index (χ0v) is 11.2. The van der Waals surface area contributed by atoms with Crippen molar-refractivity contribution in [1.82, 2.24) is 5.32 Å². The van der Waals surface area contributed by atoms with E-state index in [4.69, 9.17) is 5.11 Å². The third-order valence-electron chi connectivity index (χ3n) is 3.11. The van der Waals surface area contributed by atoms with Gasteiger partial charge >= 0.3 is 5.97 Å². The van der Waals surface area contributed by atoms with Crippen LogP contribution >= 0.6 is 11.3 Å². The number of carboxylic acids is 1. The highest BCUT2D eigenvalue weighted by Crippen LogP contribution is 2.25. The monoisotopic (exact) mass is 263 g/mol. The highest BCUT2D eigenvalue weighted by molar-refractivity contribution is 7.17. The van der Waals surface area contributed by atoms with E-state index in [0.717, 1.165) is 6.54 Å². The van der Waals surface area contributed by atoms with E-state index >= 15 is 0 Å². The van der Waals surface area contributed by atoms with E-state index in [2.05, 4.69) is 22.8 Å². The van der Waals surface area contributed by atoms with E-state index in [1.54, 1.807) is 11.3 Å². The molecule has 96 valence electrons. The first kappa shape index (κ1) is 13.1. The second-order valence-electron chi connectivity index (χ2n) is 4.33. The Labute approximate surface area is 110 Å². The van der Waals surface area contributed by atoms with Crippen LogP contribution in [0.5, 0.6) is 0 Å². The summed E-state index contributed by atoms with van der Waals surface area (Å²) in [5.41, 5.74) is 1.25. The van der Waals surface area contributed by atoms with Gasteiger partial charge in [-0.3, -0.25) is 4.79 Å². The minimum Gasteiger partial charge on any atom is -0.481 e. The summed E-state index contributed by atoms with van der Waals surface area (Å²) in [7, 11) is 0. The minimum absolute atomic E-state index is 0.296. The van der Waals surface area contributed by atoms with Crippen LogP contribution in [0, 0.1) is 5.92 Å². The Hall–Kier alpha value is -1.39. The van der Waals surface area contributed by atoms with Gasteiger partial charge in [0, 0.05) is 17.8 Å². The summed E-state index contributed by atoms with van der Waals surface area (Å²) in [6.07, 6.45) is 0.659. The van der Waals surface area contributed by atoms with Gasteiger partial charge in [-0.1, -0.05) is 25.1 Å². The predicted molar refractivity (Wildman–Crippen MR) is 74.9 cm³/mol. The topological polar surface area (TPSA) is 49.3 Å². The van der Waals surface area contributed by atoms with Gasteiger partial charge in [-0.2, -0.15) is 0 Å². The number of hydrogen-bond donors (Lipinski definition) is 2. The van der Waals surface area contributed by atoms with Gasteiger partial charge in [0.25, 0.3) is 0 Å². The van der Waals surface area contributed by atoms with Crippen molar-refractivity contribution in [2.24, 2.45) is 5.92 Å². The highest BCUT2D eigenvalue weighted by atomic mass is 32.1. The molecular formula is C14H17NO2S. The van der Waals surface area contributed by atoms with Crippen LogP contribution in [-0.2, 0) is 11.3 Å². The van der Waals surface area contributed by atoms with Gasteiger partial charge in [0.2, 0.25) is 0 Å². The summed E-state index contributed by atoms with van der Waals surface area (Å²) in [6.45, 7) is 3.16. The fourth-order valence-electron chi connectivity index (χ4n) is 1.96. The van der Waals surface area contributed by atoms with Gasteiger partial charge < -0.3 is 10.4 Å². The SMILES string of the molecule is CCC(CNCc1csc2ccccc12)C(=O)O. The summed E-state index contributed by atoms with van der Waals surface area (Å²) >= 11 is 1.73. The molecule has 1 atom stereocenters. The summed E-state index contributed by atoms with van der Waals surface area (Å²) in [5, 5.41) is 15.6. The van der Waals surface area contributed by atoms with E-state index in [1.165, 1.54) is 15.6 Å². The zero-order chi connectivity index (χ0) is 13.0. The molecule has 0 bridgehead atoms. The van der Waals surface area contributed by atoms with Crippen LogP contribution in [0.2, 0.25) is 0 Å². The minimum atomic E-state index is -0.722. The number of aliphatic carboxylic acids is 1. The Morgan fingerprint density at radius 1 is 1.44 bits per heavy atom. The van der Waals surface area contributed by atoms with Crippen molar-refractivity contribution in [3.63, 3.8) is 0 Å². The lowest BCUT2D eigenvalue weighted by Crippen LogP contribution is -2.27. The molecule has 2 aromatic rings. The summed E-state index contributed by atoms with van der Waals surface area (Å²) < 4.78 is 1.28. The molecule has 2 N–H and O–H groups in total. The third kappa shape index (κ3) is 2.89. The van der Waals surface area contributed by atoms with E-state index < -0.39 is 5.97 Å². The van der Waals surface area contributed by atoms with Crippen LogP contribution in [0.4, 0.5) is 0 Å². The average molecular weight is 263 g/mol. The molecule has 0 spiro atoms. The Balaban J connectivity index is 1.96. The van der Waals surface area contributed by atoms with E-state index in [0.29, 0.717) is 13.0 Å². The number of benzene rings is 1. The molecule has 4 heteroatoms. The molecule has 1 aromatic heterocycles. The maximum Gasteiger partial charge on any atom is 0.307 e. The van der Waals surface area contributed by atoms with Crippen molar-refractivity contribution in [3.8, 4) is 0 Å². The molecule has 0 radical (unpaired) electrons. The molecule has 3 nitrogen and oxygen atoms in total. The number of carbonyl (C=O) groups is 1. The van der Waals surface area contributed by atoms with Crippen LogP contribution in [0.15, 0.2) is 29.6 Å². The summed E-state index contributed by atoms with van der Waals surface area (Å²) in [6, 6.07) is 8.28. The van der Waals surface area contributed by atoms with Crippen molar-refractivity contribution >= 4 is 27.4 Å². The van der Waals surface area contributed by atoms with Crippen LogP contribution < -0.4 is 5.32 Å². The van der Waals surface area contributed by atoms with Gasteiger partial charge in [0.1, 0.15) is 0 Å². The van der Waals surface area contributed by atoms with Gasteiger partial charge in [0.15, 0.2) is 0 Å². The van der Waals surface area contributed by atoms with E-state index in [9.17, 15) is 4.79 Å². The molecule has 1 heterocycles. The third-order valence-corrected chi connectivity index (χ3v) is 4.12. The smallest absolute Gasteiger partial charge is 0.307 e. The molecule has 0 saturated carbocycles. The fourth-order valence-corrected chi connectivity index (χ4v) is 2.92. The van der Waals surface area contributed by atoms with Gasteiger partial charge in [-0.25, -0.2) is 0 Å². The first-order valence-corrected chi connectivity index (χ1v) is 6.99. The molecule has 18 heavy (non-hydrogen) atoms. The Bertz CT molecular complexity index is 535. The van der Waals surface area contributed by atoms with Crippen LogP contribution in [-0.4, -0.2) is 17.6 Å². The molecule has 0 saturated heterocycles. The number of thiophene rings is 1.